The lowest BCUT2D eigenvalue weighted by Crippen LogP contribution is -2.03. The maximum atomic E-state index is 5.75. The van der Waals surface area contributed by atoms with Crippen LogP contribution in [-0.4, -0.2) is 30.0 Å². The molecule has 6 nitrogen and oxygen atoms in total. The van der Waals surface area contributed by atoms with Gasteiger partial charge in [-0.25, -0.2) is 0 Å². The van der Waals surface area contributed by atoms with Crippen molar-refractivity contribution < 1.29 is 18.7 Å². The standard InChI is InChI=1S/C21H24N2O4/c1-5-24-17-12-15(13-18(25-6-2)19(17)26-7-3)21-22-20(23-27-21)16-11-9-8-10-14(16)4/h8-13H,5-7H2,1-4H3. The van der Waals surface area contributed by atoms with E-state index in [4.69, 9.17) is 18.7 Å². The summed E-state index contributed by atoms with van der Waals surface area (Å²) in [5.74, 6) is 2.72. The Balaban J connectivity index is 2.05. The predicted molar refractivity (Wildman–Crippen MR) is 103 cm³/mol. The van der Waals surface area contributed by atoms with E-state index in [1.165, 1.54) is 0 Å². The number of rotatable bonds is 8. The number of benzene rings is 2. The van der Waals surface area contributed by atoms with Crippen LogP contribution in [0.15, 0.2) is 40.9 Å². The second-order valence-electron chi connectivity index (χ2n) is 5.84. The summed E-state index contributed by atoms with van der Waals surface area (Å²) < 4.78 is 22.8. The normalized spacial score (nSPS) is 10.7. The van der Waals surface area contributed by atoms with Crippen molar-refractivity contribution in [2.45, 2.75) is 27.7 Å². The topological polar surface area (TPSA) is 66.6 Å². The monoisotopic (exact) mass is 368 g/mol. The average Bonchev–Trinajstić information content (AvgIpc) is 3.15. The van der Waals surface area contributed by atoms with Crippen molar-refractivity contribution in [1.82, 2.24) is 10.1 Å². The highest BCUT2D eigenvalue weighted by Crippen LogP contribution is 2.42. The van der Waals surface area contributed by atoms with Crippen LogP contribution >= 0.6 is 0 Å². The van der Waals surface area contributed by atoms with Crippen LogP contribution < -0.4 is 14.2 Å². The Kier molecular flexibility index (Phi) is 5.96. The second kappa shape index (κ2) is 8.58. The van der Waals surface area contributed by atoms with Gasteiger partial charge in [-0.1, -0.05) is 29.4 Å². The first-order valence-corrected chi connectivity index (χ1v) is 9.14. The largest absolute Gasteiger partial charge is 0.490 e. The molecule has 1 heterocycles. The van der Waals surface area contributed by atoms with Crippen molar-refractivity contribution in [2.75, 3.05) is 19.8 Å². The highest BCUT2D eigenvalue weighted by atomic mass is 16.5. The third kappa shape index (κ3) is 4.05. The molecule has 1 aromatic heterocycles. The van der Waals surface area contributed by atoms with Gasteiger partial charge in [-0.3, -0.25) is 0 Å². The molecule has 3 rings (SSSR count). The molecule has 0 saturated heterocycles. The molecule has 6 heteroatoms. The summed E-state index contributed by atoms with van der Waals surface area (Å²) in [7, 11) is 0. The Labute approximate surface area is 159 Å². The summed E-state index contributed by atoms with van der Waals surface area (Å²) in [5.41, 5.74) is 2.74. The molecule has 142 valence electrons. The van der Waals surface area contributed by atoms with Gasteiger partial charge in [-0.15, -0.1) is 0 Å². The van der Waals surface area contributed by atoms with Gasteiger partial charge in [0.05, 0.1) is 19.8 Å². The minimum Gasteiger partial charge on any atom is -0.490 e. The van der Waals surface area contributed by atoms with Gasteiger partial charge in [-0.2, -0.15) is 4.98 Å². The minimum absolute atomic E-state index is 0.401. The Morgan fingerprint density at radius 1 is 0.889 bits per heavy atom. The van der Waals surface area contributed by atoms with Gasteiger partial charge in [0.2, 0.25) is 11.6 Å². The molecule has 0 aliphatic carbocycles. The fourth-order valence-corrected chi connectivity index (χ4v) is 2.79. The summed E-state index contributed by atoms with van der Waals surface area (Å²) in [6, 6.07) is 11.6. The SMILES string of the molecule is CCOc1cc(-c2nc(-c3ccccc3C)no2)cc(OCC)c1OCC. The van der Waals surface area contributed by atoms with Crippen molar-refractivity contribution in [2.24, 2.45) is 0 Å². The van der Waals surface area contributed by atoms with E-state index in [0.717, 1.165) is 16.7 Å². The van der Waals surface area contributed by atoms with Crippen LogP contribution in [0.5, 0.6) is 17.2 Å². The Morgan fingerprint density at radius 3 is 2.11 bits per heavy atom. The van der Waals surface area contributed by atoms with E-state index in [-0.39, 0.29) is 0 Å². The van der Waals surface area contributed by atoms with Gasteiger partial charge >= 0.3 is 0 Å². The van der Waals surface area contributed by atoms with Gasteiger partial charge < -0.3 is 18.7 Å². The molecule has 0 spiro atoms. The zero-order valence-corrected chi connectivity index (χ0v) is 16.1. The van der Waals surface area contributed by atoms with Gasteiger partial charge in [0, 0.05) is 11.1 Å². The fourth-order valence-electron chi connectivity index (χ4n) is 2.79. The first-order valence-electron chi connectivity index (χ1n) is 9.14. The van der Waals surface area contributed by atoms with Crippen molar-refractivity contribution in [3.05, 3.63) is 42.0 Å². The predicted octanol–water partition coefficient (Wildman–Crippen LogP) is 4.91. The molecule has 0 atom stereocenters. The Morgan fingerprint density at radius 2 is 1.52 bits per heavy atom. The molecule has 0 saturated carbocycles. The van der Waals surface area contributed by atoms with Crippen molar-refractivity contribution in [1.29, 1.82) is 0 Å². The lowest BCUT2D eigenvalue weighted by Gasteiger charge is -2.16. The highest BCUT2D eigenvalue weighted by Gasteiger charge is 2.19. The van der Waals surface area contributed by atoms with Crippen LogP contribution in [0.2, 0.25) is 0 Å². The molecule has 0 N–H and O–H groups in total. The summed E-state index contributed by atoms with van der Waals surface area (Å²) >= 11 is 0. The zero-order chi connectivity index (χ0) is 19.2. The molecule has 2 aromatic carbocycles. The minimum atomic E-state index is 0.401. The number of aryl methyl sites for hydroxylation is 1. The summed E-state index contributed by atoms with van der Waals surface area (Å²) in [6.07, 6.45) is 0. The van der Waals surface area contributed by atoms with Gasteiger partial charge in [0.15, 0.2) is 11.5 Å². The molecule has 0 amide bonds. The maximum Gasteiger partial charge on any atom is 0.258 e. The molecule has 3 aromatic rings. The Hall–Kier alpha value is -3.02. The van der Waals surface area contributed by atoms with Crippen molar-refractivity contribution in [3.8, 4) is 40.1 Å². The molecule has 0 unspecified atom stereocenters. The van der Waals surface area contributed by atoms with Gasteiger partial charge in [-0.05, 0) is 45.4 Å². The fraction of sp³-hybridized carbons (Fsp3) is 0.333. The smallest absolute Gasteiger partial charge is 0.258 e. The van der Waals surface area contributed by atoms with E-state index in [1.54, 1.807) is 0 Å². The number of hydrogen-bond acceptors (Lipinski definition) is 6. The number of nitrogens with zero attached hydrogens (tertiary/aromatic N) is 2. The molecule has 0 aliphatic heterocycles. The molecule has 0 bridgehead atoms. The molecule has 0 fully saturated rings. The van der Waals surface area contributed by atoms with Crippen LogP contribution in [0, 0.1) is 6.92 Å². The van der Waals surface area contributed by atoms with Crippen LogP contribution in [0.1, 0.15) is 26.3 Å². The molecule has 0 aliphatic rings. The van der Waals surface area contributed by atoms with E-state index in [9.17, 15) is 0 Å². The molecular formula is C21H24N2O4. The van der Waals surface area contributed by atoms with Crippen LogP contribution in [0.4, 0.5) is 0 Å². The van der Waals surface area contributed by atoms with Crippen LogP contribution in [0.25, 0.3) is 22.8 Å². The van der Waals surface area contributed by atoms with Crippen molar-refractivity contribution >= 4 is 0 Å². The molecule has 27 heavy (non-hydrogen) atoms. The van der Waals surface area contributed by atoms with Gasteiger partial charge in [0.1, 0.15) is 0 Å². The van der Waals surface area contributed by atoms with E-state index in [0.29, 0.717) is 48.8 Å². The third-order valence-corrected chi connectivity index (χ3v) is 3.97. The number of aromatic nitrogens is 2. The maximum absolute atomic E-state index is 5.75. The van der Waals surface area contributed by atoms with E-state index in [1.807, 2.05) is 64.1 Å². The quantitative estimate of drug-likeness (QED) is 0.563. The lowest BCUT2D eigenvalue weighted by atomic mass is 10.1. The van der Waals surface area contributed by atoms with Crippen LogP contribution in [0.3, 0.4) is 0 Å². The van der Waals surface area contributed by atoms with Crippen LogP contribution in [-0.2, 0) is 0 Å². The Bertz CT molecular complexity index is 878. The summed E-state index contributed by atoms with van der Waals surface area (Å²) in [5, 5.41) is 4.13. The molecule has 0 radical (unpaired) electrons. The van der Waals surface area contributed by atoms with Crippen molar-refractivity contribution in [3.63, 3.8) is 0 Å². The van der Waals surface area contributed by atoms with E-state index < -0.39 is 0 Å². The summed E-state index contributed by atoms with van der Waals surface area (Å²) in [4.78, 5) is 4.56. The average molecular weight is 368 g/mol. The number of ether oxygens (including phenoxy) is 3. The summed E-state index contributed by atoms with van der Waals surface area (Å²) in [6.45, 7) is 9.31. The first kappa shape index (κ1) is 18.8. The van der Waals surface area contributed by atoms with Gasteiger partial charge in [0.25, 0.3) is 5.89 Å². The van der Waals surface area contributed by atoms with E-state index in [2.05, 4.69) is 10.1 Å². The lowest BCUT2D eigenvalue weighted by molar-refractivity contribution is 0.261. The second-order valence-corrected chi connectivity index (χ2v) is 5.84. The number of hydrogen-bond donors (Lipinski definition) is 0. The molecular weight excluding hydrogens is 344 g/mol. The van der Waals surface area contributed by atoms with E-state index >= 15 is 0 Å². The highest BCUT2D eigenvalue weighted by molar-refractivity contribution is 5.68. The first-order chi connectivity index (χ1) is 13.2. The zero-order valence-electron chi connectivity index (χ0n) is 16.1. The third-order valence-electron chi connectivity index (χ3n) is 3.97.